The van der Waals surface area contributed by atoms with Crippen LogP contribution >= 0.6 is 0 Å². The fourth-order valence-electron chi connectivity index (χ4n) is 1.70. The van der Waals surface area contributed by atoms with Crippen LogP contribution in [0.2, 0.25) is 0 Å². The third kappa shape index (κ3) is 2.65. The summed E-state index contributed by atoms with van der Waals surface area (Å²) < 4.78 is 1.67. The van der Waals surface area contributed by atoms with Crippen LogP contribution in [0.4, 0.5) is 0 Å². The van der Waals surface area contributed by atoms with Gasteiger partial charge in [-0.2, -0.15) is 0 Å². The Labute approximate surface area is 105 Å². The van der Waals surface area contributed by atoms with Gasteiger partial charge >= 0.3 is 0 Å². The highest BCUT2D eigenvalue weighted by Crippen LogP contribution is 2.12. The molecule has 96 valence electrons. The number of carbonyl (C=O) groups is 1. The van der Waals surface area contributed by atoms with Gasteiger partial charge in [-0.25, -0.2) is 4.68 Å². The second-order valence-corrected chi connectivity index (χ2v) is 4.44. The molecule has 1 aromatic heterocycles. The highest BCUT2D eigenvalue weighted by atomic mass is 16.1. The molecule has 18 heavy (non-hydrogen) atoms. The molecule has 1 heterocycles. The number of amides is 1. The van der Waals surface area contributed by atoms with Crippen LogP contribution in [0.3, 0.4) is 0 Å². The topological polar surface area (TPSA) is 85.8 Å². The predicted molar refractivity (Wildman–Crippen MR) is 69.1 cm³/mol. The standard InChI is InChI=1S/C12H17N5O/c1-8(13)5-6-14-12(18)9-3-4-11-10(7-9)15-16-17(11)2/h3-4,7-8H,5-6,13H2,1-2H3,(H,14,18). The summed E-state index contributed by atoms with van der Waals surface area (Å²) in [6, 6.07) is 5.44. The molecule has 3 N–H and O–H groups in total. The predicted octanol–water partition coefficient (Wildman–Crippen LogP) is 0.435. The van der Waals surface area contributed by atoms with E-state index in [0.717, 1.165) is 17.5 Å². The molecule has 0 radical (unpaired) electrons. The van der Waals surface area contributed by atoms with E-state index in [1.54, 1.807) is 16.8 Å². The summed E-state index contributed by atoms with van der Waals surface area (Å²) in [4.78, 5) is 11.9. The number of rotatable bonds is 4. The van der Waals surface area contributed by atoms with Crippen LogP contribution in [0.5, 0.6) is 0 Å². The average molecular weight is 247 g/mol. The van der Waals surface area contributed by atoms with Gasteiger partial charge in [-0.15, -0.1) is 5.10 Å². The number of aryl methyl sites for hydroxylation is 1. The van der Waals surface area contributed by atoms with Crippen molar-refractivity contribution in [3.8, 4) is 0 Å². The van der Waals surface area contributed by atoms with Gasteiger partial charge in [0.05, 0.1) is 5.52 Å². The first kappa shape index (κ1) is 12.5. The zero-order valence-corrected chi connectivity index (χ0v) is 10.6. The molecule has 0 aliphatic rings. The number of benzene rings is 1. The van der Waals surface area contributed by atoms with Gasteiger partial charge in [-0.3, -0.25) is 4.79 Å². The molecule has 1 aromatic carbocycles. The molecule has 0 spiro atoms. The van der Waals surface area contributed by atoms with Crippen molar-refractivity contribution in [1.29, 1.82) is 0 Å². The van der Waals surface area contributed by atoms with Crippen LogP contribution in [0, 0.1) is 0 Å². The third-order valence-electron chi connectivity index (χ3n) is 2.76. The SMILES string of the molecule is CC(N)CCNC(=O)c1ccc2c(c1)nnn2C. The van der Waals surface area contributed by atoms with Crippen molar-refractivity contribution in [3.63, 3.8) is 0 Å². The lowest BCUT2D eigenvalue weighted by Crippen LogP contribution is -2.28. The fraction of sp³-hybridized carbons (Fsp3) is 0.417. The summed E-state index contributed by atoms with van der Waals surface area (Å²) in [6.07, 6.45) is 0.763. The average Bonchev–Trinajstić information content (AvgIpc) is 2.70. The summed E-state index contributed by atoms with van der Waals surface area (Å²) in [5, 5.41) is 10.7. The second-order valence-electron chi connectivity index (χ2n) is 4.44. The van der Waals surface area contributed by atoms with Gasteiger partial charge in [0.1, 0.15) is 5.52 Å². The maximum atomic E-state index is 11.9. The fourth-order valence-corrected chi connectivity index (χ4v) is 1.70. The minimum absolute atomic E-state index is 0.0905. The summed E-state index contributed by atoms with van der Waals surface area (Å²) in [5.41, 5.74) is 7.84. The normalized spacial score (nSPS) is 12.6. The van der Waals surface area contributed by atoms with E-state index < -0.39 is 0 Å². The van der Waals surface area contributed by atoms with E-state index in [4.69, 9.17) is 5.73 Å². The second kappa shape index (κ2) is 5.14. The van der Waals surface area contributed by atoms with E-state index in [0.29, 0.717) is 12.1 Å². The molecule has 2 rings (SSSR count). The van der Waals surface area contributed by atoms with Gasteiger partial charge < -0.3 is 11.1 Å². The molecule has 0 aliphatic carbocycles. The molecule has 0 aliphatic heterocycles. The van der Waals surface area contributed by atoms with Crippen LogP contribution < -0.4 is 11.1 Å². The Bertz CT molecular complexity index is 561. The molecule has 0 saturated carbocycles. The molecule has 0 saturated heterocycles. The van der Waals surface area contributed by atoms with E-state index >= 15 is 0 Å². The third-order valence-corrected chi connectivity index (χ3v) is 2.76. The largest absolute Gasteiger partial charge is 0.352 e. The first-order chi connectivity index (χ1) is 8.58. The van der Waals surface area contributed by atoms with Crippen LogP contribution in [0.25, 0.3) is 11.0 Å². The molecule has 1 amide bonds. The van der Waals surface area contributed by atoms with Gasteiger partial charge in [0.25, 0.3) is 5.91 Å². The van der Waals surface area contributed by atoms with Crippen molar-refractivity contribution in [1.82, 2.24) is 20.3 Å². The summed E-state index contributed by atoms with van der Waals surface area (Å²) in [6.45, 7) is 2.49. The minimum atomic E-state index is -0.108. The highest BCUT2D eigenvalue weighted by Gasteiger charge is 2.08. The zero-order valence-electron chi connectivity index (χ0n) is 10.6. The zero-order chi connectivity index (χ0) is 13.1. The number of carbonyl (C=O) groups excluding carboxylic acids is 1. The van der Waals surface area contributed by atoms with Crippen molar-refractivity contribution in [2.24, 2.45) is 12.8 Å². The number of nitrogens with two attached hydrogens (primary N) is 1. The quantitative estimate of drug-likeness (QED) is 0.820. The molecule has 0 fully saturated rings. The number of fused-ring (bicyclic) bond motifs is 1. The van der Waals surface area contributed by atoms with E-state index in [1.165, 1.54) is 0 Å². The summed E-state index contributed by atoms with van der Waals surface area (Å²) >= 11 is 0. The number of nitrogens with one attached hydrogen (secondary N) is 1. The van der Waals surface area contributed by atoms with Crippen LogP contribution in [-0.4, -0.2) is 33.5 Å². The lowest BCUT2D eigenvalue weighted by molar-refractivity contribution is 0.0953. The number of aromatic nitrogens is 3. The maximum absolute atomic E-state index is 11.9. The Hall–Kier alpha value is -1.95. The molecular weight excluding hydrogens is 230 g/mol. The van der Waals surface area contributed by atoms with E-state index in [9.17, 15) is 4.79 Å². The summed E-state index contributed by atoms with van der Waals surface area (Å²) in [7, 11) is 1.82. The van der Waals surface area contributed by atoms with Crippen LogP contribution in [0.15, 0.2) is 18.2 Å². The van der Waals surface area contributed by atoms with Crippen molar-refractivity contribution >= 4 is 16.9 Å². The smallest absolute Gasteiger partial charge is 0.251 e. The van der Waals surface area contributed by atoms with Gasteiger partial charge in [0.15, 0.2) is 0 Å². The van der Waals surface area contributed by atoms with Gasteiger partial charge in [0, 0.05) is 25.2 Å². The monoisotopic (exact) mass is 247 g/mol. The van der Waals surface area contributed by atoms with E-state index in [-0.39, 0.29) is 11.9 Å². The minimum Gasteiger partial charge on any atom is -0.352 e. The highest BCUT2D eigenvalue weighted by molar-refractivity contribution is 5.97. The number of nitrogens with zero attached hydrogens (tertiary/aromatic N) is 3. The molecule has 0 bridgehead atoms. The molecule has 6 nitrogen and oxygen atoms in total. The van der Waals surface area contributed by atoms with E-state index in [1.807, 2.05) is 20.0 Å². The molecule has 1 atom stereocenters. The van der Waals surface area contributed by atoms with Gasteiger partial charge in [-0.1, -0.05) is 5.21 Å². The van der Waals surface area contributed by atoms with E-state index in [2.05, 4.69) is 15.6 Å². The Morgan fingerprint density at radius 2 is 2.33 bits per heavy atom. The Balaban J connectivity index is 2.08. The Morgan fingerprint density at radius 1 is 1.56 bits per heavy atom. The summed E-state index contributed by atoms with van der Waals surface area (Å²) in [5.74, 6) is -0.108. The Morgan fingerprint density at radius 3 is 3.06 bits per heavy atom. The Kier molecular flexibility index (Phi) is 3.57. The van der Waals surface area contributed by atoms with Crippen LogP contribution in [-0.2, 0) is 7.05 Å². The van der Waals surface area contributed by atoms with Crippen molar-refractivity contribution in [2.75, 3.05) is 6.54 Å². The lowest BCUT2D eigenvalue weighted by Gasteiger charge is -2.07. The molecule has 2 aromatic rings. The maximum Gasteiger partial charge on any atom is 0.251 e. The first-order valence-electron chi connectivity index (χ1n) is 5.91. The lowest BCUT2D eigenvalue weighted by atomic mass is 10.2. The van der Waals surface area contributed by atoms with Crippen molar-refractivity contribution in [2.45, 2.75) is 19.4 Å². The first-order valence-corrected chi connectivity index (χ1v) is 5.91. The number of hydrogen-bond acceptors (Lipinski definition) is 4. The van der Waals surface area contributed by atoms with Crippen molar-refractivity contribution in [3.05, 3.63) is 23.8 Å². The van der Waals surface area contributed by atoms with Gasteiger partial charge in [-0.05, 0) is 31.5 Å². The number of hydrogen-bond donors (Lipinski definition) is 2. The van der Waals surface area contributed by atoms with Gasteiger partial charge in [0.2, 0.25) is 0 Å². The van der Waals surface area contributed by atoms with Crippen LogP contribution in [0.1, 0.15) is 23.7 Å². The molecule has 1 unspecified atom stereocenters. The molecule has 6 heteroatoms. The van der Waals surface area contributed by atoms with Crippen molar-refractivity contribution < 1.29 is 4.79 Å². The molecular formula is C12H17N5O.